The van der Waals surface area contributed by atoms with Crippen LogP contribution >= 0.6 is 11.3 Å². The van der Waals surface area contributed by atoms with Crippen molar-refractivity contribution in [1.29, 1.82) is 0 Å². The molecule has 0 atom stereocenters. The predicted octanol–water partition coefficient (Wildman–Crippen LogP) is 0.969. The van der Waals surface area contributed by atoms with Gasteiger partial charge >= 0.3 is 0 Å². The van der Waals surface area contributed by atoms with Crippen LogP contribution in [0.1, 0.15) is 9.67 Å². The molecule has 7 nitrogen and oxygen atoms in total. The number of rotatable bonds is 5. The van der Waals surface area contributed by atoms with Gasteiger partial charge in [-0.2, -0.15) is 4.31 Å². The third kappa shape index (κ3) is 4.37. The summed E-state index contributed by atoms with van der Waals surface area (Å²) in [6.45, 7) is -0.509. The minimum atomic E-state index is -3.94. The first kappa shape index (κ1) is 18.0. The lowest BCUT2D eigenvalue weighted by atomic mass is 10.4. The second-order valence-corrected chi connectivity index (χ2v) is 7.69. The molecule has 1 aromatic carbocycles. The summed E-state index contributed by atoms with van der Waals surface area (Å²) in [4.78, 5) is 23.7. The van der Waals surface area contributed by atoms with Crippen LogP contribution in [-0.2, 0) is 14.8 Å². The molecule has 10 heteroatoms. The second-order valence-electron chi connectivity index (χ2n) is 4.69. The maximum Gasteiger partial charge on any atom is 0.279 e. The SMILES string of the molecule is CN(CC(=O)NNC(=O)c1cccs1)S(=O)(=O)c1ccc(F)cc1. The summed E-state index contributed by atoms with van der Waals surface area (Å²) >= 11 is 1.20. The Morgan fingerprint density at radius 2 is 1.83 bits per heavy atom. The van der Waals surface area contributed by atoms with E-state index in [0.29, 0.717) is 4.88 Å². The number of benzene rings is 1. The number of thiophene rings is 1. The molecule has 2 aromatic rings. The zero-order chi connectivity index (χ0) is 17.7. The minimum absolute atomic E-state index is 0.137. The van der Waals surface area contributed by atoms with E-state index in [1.807, 2.05) is 0 Å². The fourth-order valence-electron chi connectivity index (χ4n) is 1.71. The Hall–Kier alpha value is -2.30. The monoisotopic (exact) mass is 371 g/mol. The molecule has 0 fully saturated rings. The summed E-state index contributed by atoms with van der Waals surface area (Å²) in [5.74, 6) is -1.78. The number of nitrogens with one attached hydrogen (secondary N) is 2. The van der Waals surface area contributed by atoms with E-state index in [0.717, 1.165) is 28.6 Å². The average Bonchev–Trinajstić information content (AvgIpc) is 3.07. The molecule has 2 N–H and O–H groups in total. The van der Waals surface area contributed by atoms with Gasteiger partial charge < -0.3 is 0 Å². The lowest BCUT2D eigenvalue weighted by molar-refractivity contribution is -0.121. The highest BCUT2D eigenvalue weighted by Crippen LogP contribution is 2.14. The Morgan fingerprint density at radius 3 is 2.42 bits per heavy atom. The molecule has 1 heterocycles. The number of hydrazine groups is 1. The van der Waals surface area contributed by atoms with Crippen LogP contribution < -0.4 is 10.9 Å². The standard InChI is InChI=1S/C14H14FN3O4S2/c1-18(24(21,22)11-6-4-10(15)5-7-11)9-13(19)16-17-14(20)12-3-2-8-23-12/h2-8H,9H2,1H3,(H,16,19)(H,17,20). The summed E-state index contributed by atoms with van der Waals surface area (Å²) in [6, 6.07) is 7.51. The molecule has 0 aliphatic rings. The molecule has 2 rings (SSSR count). The fourth-order valence-corrected chi connectivity index (χ4v) is 3.46. The molecule has 0 saturated heterocycles. The Bertz CT molecular complexity index is 820. The lowest BCUT2D eigenvalue weighted by Crippen LogP contribution is -2.46. The highest BCUT2D eigenvalue weighted by molar-refractivity contribution is 7.89. The number of hydrogen-bond donors (Lipinski definition) is 2. The van der Waals surface area contributed by atoms with Crippen molar-refractivity contribution in [3.05, 3.63) is 52.5 Å². The van der Waals surface area contributed by atoms with Crippen molar-refractivity contribution in [2.45, 2.75) is 4.90 Å². The molecular weight excluding hydrogens is 357 g/mol. The van der Waals surface area contributed by atoms with E-state index >= 15 is 0 Å². The van der Waals surface area contributed by atoms with Gasteiger partial charge in [0, 0.05) is 7.05 Å². The topological polar surface area (TPSA) is 95.6 Å². The smallest absolute Gasteiger partial charge is 0.272 e. The largest absolute Gasteiger partial charge is 0.279 e. The Labute approximate surface area is 142 Å². The molecule has 0 aliphatic carbocycles. The maximum absolute atomic E-state index is 12.9. The van der Waals surface area contributed by atoms with Crippen molar-refractivity contribution in [3.8, 4) is 0 Å². The number of amides is 2. The quantitative estimate of drug-likeness (QED) is 0.766. The molecule has 24 heavy (non-hydrogen) atoms. The van der Waals surface area contributed by atoms with Crippen molar-refractivity contribution in [2.24, 2.45) is 0 Å². The van der Waals surface area contributed by atoms with Gasteiger partial charge in [-0.3, -0.25) is 20.4 Å². The number of sulfonamides is 1. The Kier molecular flexibility index (Phi) is 5.65. The number of carbonyl (C=O) groups is 2. The van der Waals surface area contributed by atoms with Crippen LogP contribution in [0.5, 0.6) is 0 Å². The van der Waals surface area contributed by atoms with Gasteiger partial charge in [-0.1, -0.05) is 6.07 Å². The van der Waals surface area contributed by atoms with Crippen LogP contribution in [0.15, 0.2) is 46.7 Å². The summed E-state index contributed by atoms with van der Waals surface area (Å²) in [6.07, 6.45) is 0. The van der Waals surface area contributed by atoms with Gasteiger partial charge in [0.05, 0.1) is 16.3 Å². The Morgan fingerprint density at radius 1 is 1.17 bits per heavy atom. The van der Waals surface area contributed by atoms with E-state index in [1.165, 1.54) is 18.4 Å². The zero-order valence-corrected chi connectivity index (χ0v) is 14.2. The molecule has 0 radical (unpaired) electrons. The lowest BCUT2D eigenvalue weighted by Gasteiger charge is -2.17. The van der Waals surface area contributed by atoms with E-state index in [1.54, 1.807) is 17.5 Å². The number of likely N-dealkylation sites (N-methyl/N-ethyl adjacent to an activating group) is 1. The molecular formula is C14H14FN3O4S2. The molecule has 1 aromatic heterocycles. The molecule has 0 saturated carbocycles. The van der Waals surface area contributed by atoms with Crippen LogP contribution in [0.4, 0.5) is 4.39 Å². The van der Waals surface area contributed by atoms with Gasteiger partial charge in [0.1, 0.15) is 5.82 Å². The second kappa shape index (κ2) is 7.51. The third-order valence-corrected chi connectivity index (χ3v) is 5.63. The first-order valence-electron chi connectivity index (χ1n) is 6.65. The molecule has 0 unspecified atom stereocenters. The normalized spacial score (nSPS) is 11.3. The van der Waals surface area contributed by atoms with Crippen LogP contribution in [0.25, 0.3) is 0 Å². The summed E-state index contributed by atoms with van der Waals surface area (Å²) < 4.78 is 38.1. The van der Waals surface area contributed by atoms with Crippen LogP contribution in [0, 0.1) is 5.82 Å². The first-order valence-corrected chi connectivity index (χ1v) is 8.97. The van der Waals surface area contributed by atoms with Crippen molar-refractivity contribution in [3.63, 3.8) is 0 Å². The van der Waals surface area contributed by atoms with Gasteiger partial charge in [-0.05, 0) is 35.7 Å². The molecule has 2 amide bonds. The summed E-state index contributed by atoms with van der Waals surface area (Å²) in [7, 11) is -2.73. The third-order valence-electron chi connectivity index (χ3n) is 2.95. The van der Waals surface area contributed by atoms with Crippen molar-refractivity contribution < 1.29 is 22.4 Å². The molecule has 0 bridgehead atoms. The van der Waals surface area contributed by atoms with Gasteiger partial charge in [-0.15, -0.1) is 11.3 Å². The van der Waals surface area contributed by atoms with E-state index in [4.69, 9.17) is 0 Å². The molecule has 0 spiro atoms. The van der Waals surface area contributed by atoms with Crippen LogP contribution in [-0.4, -0.2) is 38.1 Å². The summed E-state index contributed by atoms with van der Waals surface area (Å²) in [5, 5.41) is 1.71. The van der Waals surface area contributed by atoms with Crippen LogP contribution in [0.2, 0.25) is 0 Å². The van der Waals surface area contributed by atoms with Gasteiger partial charge in [0.15, 0.2) is 0 Å². The number of halogens is 1. The van der Waals surface area contributed by atoms with E-state index in [-0.39, 0.29) is 4.90 Å². The van der Waals surface area contributed by atoms with E-state index in [9.17, 15) is 22.4 Å². The zero-order valence-electron chi connectivity index (χ0n) is 12.5. The fraction of sp³-hybridized carbons (Fsp3) is 0.143. The first-order chi connectivity index (χ1) is 11.3. The number of hydrogen-bond acceptors (Lipinski definition) is 5. The predicted molar refractivity (Wildman–Crippen MR) is 86.1 cm³/mol. The molecule has 128 valence electrons. The maximum atomic E-state index is 12.9. The number of carbonyl (C=O) groups excluding carboxylic acids is 2. The van der Waals surface area contributed by atoms with Gasteiger partial charge in [-0.25, -0.2) is 12.8 Å². The van der Waals surface area contributed by atoms with E-state index in [2.05, 4.69) is 10.9 Å². The summed E-state index contributed by atoms with van der Waals surface area (Å²) in [5.41, 5.74) is 4.33. The van der Waals surface area contributed by atoms with E-state index < -0.39 is 34.2 Å². The molecule has 0 aliphatic heterocycles. The minimum Gasteiger partial charge on any atom is -0.272 e. The van der Waals surface area contributed by atoms with Crippen molar-refractivity contribution in [2.75, 3.05) is 13.6 Å². The van der Waals surface area contributed by atoms with Crippen molar-refractivity contribution in [1.82, 2.24) is 15.2 Å². The average molecular weight is 371 g/mol. The highest BCUT2D eigenvalue weighted by atomic mass is 32.2. The van der Waals surface area contributed by atoms with Gasteiger partial charge in [0.2, 0.25) is 10.0 Å². The van der Waals surface area contributed by atoms with Crippen molar-refractivity contribution >= 4 is 33.2 Å². The number of nitrogens with zero attached hydrogens (tertiary/aromatic N) is 1. The van der Waals surface area contributed by atoms with Gasteiger partial charge in [0.25, 0.3) is 11.8 Å². The Balaban J connectivity index is 1.93. The highest BCUT2D eigenvalue weighted by Gasteiger charge is 2.23. The van der Waals surface area contributed by atoms with Crippen LogP contribution in [0.3, 0.4) is 0 Å².